The van der Waals surface area contributed by atoms with Crippen molar-refractivity contribution in [3.05, 3.63) is 89.5 Å². The molecule has 0 saturated heterocycles. The van der Waals surface area contributed by atoms with E-state index < -0.39 is 28.5 Å². The number of anilines is 1. The number of nitrogens with one attached hydrogen (secondary N) is 1. The third-order valence-electron chi connectivity index (χ3n) is 7.18. The van der Waals surface area contributed by atoms with E-state index in [4.69, 9.17) is 4.74 Å². The van der Waals surface area contributed by atoms with Crippen LogP contribution in [0.3, 0.4) is 0 Å². The average molecular weight is 594 g/mol. The van der Waals surface area contributed by atoms with E-state index in [1.54, 1.807) is 36.4 Å². The topological polar surface area (TPSA) is 96.0 Å². The Morgan fingerprint density at radius 1 is 0.833 bits per heavy atom. The molecular weight excluding hydrogens is 550 g/mol. The first-order chi connectivity index (χ1) is 20.0. The normalized spacial score (nSPS) is 12.7. The van der Waals surface area contributed by atoms with E-state index in [-0.39, 0.29) is 23.4 Å². The first-order valence-corrected chi connectivity index (χ1v) is 15.9. The fourth-order valence-corrected chi connectivity index (χ4v) is 5.91. The van der Waals surface area contributed by atoms with Gasteiger partial charge in [-0.15, -0.1) is 0 Å². The fourth-order valence-electron chi connectivity index (χ4n) is 4.49. The highest BCUT2D eigenvalue weighted by atomic mass is 32.2. The minimum Gasteiger partial charge on any atom is -0.494 e. The van der Waals surface area contributed by atoms with Crippen molar-refractivity contribution in [2.45, 2.75) is 77.9 Å². The zero-order valence-corrected chi connectivity index (χ0v) is 26.3. The quantitative estimate of drug-likeness (QED) is 0.262. The molecule has 226 valence electrons. The Morgan fingerprint density at radius 3 is 1.93 bits per heavy atom. The number of amides is 2. The number of carbonyl (C=O) groups excluding carboxylic acids is 2. The lowest BCUT2D eigenvalue weighted by Crippen LogP contribution is -2.53. The van der Waals surface area contributed by atoms with E-state index in [1.165, 1.54) is 17.0 Å². The summed E-state index contributed by atoms with van der Waals surface area (Å²) in [4.78, 5) is 29.1. The summed E-state index contributed by atoms with van der Waals surface area (Å²) in [5.74, 6) is -0.151. The predicted octanol–water partition coefficient (Wildman–Crippen LogP) is 5.62. The number of sulfonamides is 1. The van der Waals surface area contributed by atoms with Crippen molar-refractivity contribution < 1.29 is 22.7 Å². The zero-order valence-electron chi connectivity index (χ0n) is 25.5. The molecule has 0 aliphatic rings. The van der Waals surface area contributed by atoms with Gasteiger partial charge in [-0.1, -0.05) is 61.4 Å². The van der Waals surface area contributed by atoms with Gasteiger partial charge in [0.05, 0.1) is 17.2 Å². The van der Waals surface area contributed by atoms with Gasteiger partial charge in [-0.25, -0.2) is 8.42 Å². The molecule has 2 amide bonds. The largest absolute Gasteiger partial charge is 0.494 e. The van der Waals surface area contributed by atoms with Crippen LogP contribution in [0.4, 0.5) is 5.69 Å². The van der Waals surface area contributed by atoms with Crippen LogP contribution in [0.1, 0.15) is 57.2 Å². The molecule has 0 heterocycles. The second kappa shape index (κ2) is 14.9. The molecule has 3 aromatic rings. The average Bonchev–Trinajstić information content (AvgIpc) is 2.97. The molecule has 0 aromatic heterocycles. The van der Waals surface area contributed by atoms with E-state index in [2.05, 4.69) is 5.32 Å². The van der Waals surface area contributed by atoms with Crippen LogP contribution in [0.2, 0.25) is 0 Å². The molecule has 8 nitrogen and oxygen atoms in total. The van der Waals surface area contributed by atoms with Crippen LogP contribution < -0.4 is 14.4 Å². The molecule has 0 bridgehead atoms. The van der Waals surface area contributed by atoms with Crippen molar-refractivity contribution in [2.24, 2.45) is 0 Å². The number of benzene rings is 3. The zero-order chi connectivity index (χ0) is 30.9. The number of nitrogens with zero attached hydrogens (tertiary/aromatic N) is 2. The van der Waals surface area contributed by atoms with Gasteiger partial charge in [0.15, 0.2) is 0 Å². The van der Waals surface area contributed by atoms with E-state index in [9.17, 15) is 18.0 Å². The van der Waals surface area contributed by atoms with Gasteiger partial charge < -0.3 is 15.0 Å². The van der Waals surface area contributed by atoms with E-state index in [0.717, 1.165) is 27.4 Å². The van der Waals surface area contributed by atoms with Crippen LogP contribution in [0.5, 0.6) is 5.75 Å². The van der Waals surface area contributed by atoms with Crippen molar-refractivity contribution in [1.29, 1.82) is 0 Å². The number of hydrogen-bond donors (Lipinski definition) is 1. The molecule has 0 saturated carbocycles. The molecule has 0 aliphatic carbocycles. The van der Waals surface area contributed by atoms with Gasteiger partial charge in [-0.3, -0.25) is 13.9 Å². The van der Waals surface area contributed by atoms with E-state index >= 15 is 0 Å². The lowest BCUT2D eigenvalue weighted by molar-refractivity contribution is -0.140. The molecular formula is C33H43N3O5S. The van der Waals surface area contributed by atoms with Crippen LogP contribution >= 0.6 is 0 Å². The SMILES string of the molecule is CCOc1ccc(N(CC(=O)N(Cc2ccc(C)cc2)[C@@H](CC)C(=O)N[C@@H](C)CC)S(=O)(=O)c2ccc(C)cc2)cc1. The van der Waals surface area contributed by atoms with Crippen LogP contribution in [0.15, 0.2) is 77.7 Å². The van der Waals surface area contributed by atoms with Crippen LogP contribution in [0.25, 0.3) is 0 Å². The summed E-state index contributed by atoms with van der Waals surface area (Å²) in [6, 6.07) is 20.0. The summed E-state index contributed by atoms with van der Waals surface area (Å²) in [5.41, 5.74) is 3.15. The fraction of sp³-hybridized carbons (Fsp3) is 0.394. The molecule has 3 rings (SSSR count). The minimum absolute atomic E-state index is 0.0647. The Hall–Kier alpha value is -3.85. The Kier molecular flexibility index (Phi) is 11.6. The third kappa shape index (κ3) is 8.35. The summed E-state index contributed by atoms with van der Waals surface area (Å²) in [7, 11) is -4.13. The number of ether oxygens (including phenoxy) is 1. The van der Waals surface area contributed by atoms with Gasteiger partial charge in [0.2, 0.25) is 11.8 Å². The van der Waals surface area contributed by atoms with Gasteiger partial charge in [0.1, 0.15) is 18.3 Å². The molecule has 3 aromatic carbocycles. The second-order valence-corrected chi connectivity index (χ2v) is 12.4. The summed E-state index contributed by atoms with van der Waals surface area (Å²) < 4.78 is 34.7. The molecule has 0 aliphatic heterocycles. The smallest absolute Gasteiger partial charge is 0.264 e. The molecule has 2 atom stereocenters. The van der Waals surface area contributed by atoms with Crippen LogP contribution in [-0.4, -0.2) is 50.4 Å². The molecule has 42 heavy (non-hydrogen) atoms. The third-order valence-corrected chi connectivity index (χ3v) is 8.97. The summed E-state index contributed by atoms with van der Waals surface area (Å²) >= 11 is 0. The molecule has 9 heteroatoms. The summed E-state index contributed by atoms with van der Waals surface area (Å²) in [6.45, 7) is 11.6. The highest BCUT2D eigenvalue weighted by Crippen LogP contribution is 2.27. The van der Waals surface area contributed by atoms with Crippen molar-refractivity contribution >= 4 is 27.5 Å². The first kappa shape index (κ1) is 32.7. The second-order valence-electron chi connectivity index (χ2n) is 10.5. The maximum absolute atomic E-state index is 14.2. The Balaban J connectivity index is 2.05. The number of hydrogen-bond acceptors (Lipinski definition) is 5. The van der Waals surface area contributed by atoms with Crippen molar-refractivity contribution in [2.75, 3.05) is 17.5 Å². The summed E-state index contributed by atoms with van der Waals surface area (Å²) in [6.07, 6.45) is 1.11. The van der Waals surface area contributed by atoms with Crippen molar-refractivity contribution in [1.82, 2.24) is 10.2 Å². The minimum atomic E-state index is -4.13. The maximum Gasteiger partial charge on any atom is 0.264 e. The molecule has 0 fully saturated rings. The van der Waals surface area contributed by atoms with Crippen molar-refractivity contribution in [3.63, 3.8) is 0 Å². The standard InChI is InChI=1S/C33H43N3O5S/c1-7-26(6)34-33(38)31(8-2)35(22-27-14-10-24(4)11-15-27)32(37)23-36(28-16-18-29(19-17-28)41-9-3)42(39,40)30-20-12-25(5)13-21-30/h10-21,26,31H,7-9,22-23H2,1-6H3,(H,34,38)/t26-,31-/m0/s1. The highest BCUT2D eigenvalue weighted by molar-refractivity contribution is 7.92. The molecule has 0 spiro atoms. The van der Waals surface area contributed by atoms with Gasteiger partial charge in [0.25, 0.3) is 10.0 Å². The van der Waals surface area contributed by atoms with Crippen LogP contribution in [0, 0.1) is 13.8 Å². The Morgan fingerprint density at radius 2 is 1.40 bits per heavy atom. The van der Waals surface area contributed by atoms with E-state index in [1.807, 2.05) is 65.8 Å². The Labute approximate surface area is 250 Å². The molecule has 0 radical (unpaired) electrons. The van der Waals surface area contributed by atoms with Gasteiger partial charge in [0, 0.05) is 12.6 Å². The van der Waals surface area contributed by atoms with Gasteiger partial charge in [-0.2, -0.15) is 0 Å². The molecule has 0 unspecified atom stereocenters. The van der Waals surface area contributed by atoms with Gasteiger partial charge in [-0.05, 0) is 82.5 Å². The lowest BCUT2D eigenvalue weighted by Gasteiger charge is -2.33. The number of aryl methyl sites for hydroxylation is 2. The van der Waals surface area contributed by atoms with E-state index in [0.29, 0.717) is 24.5 Å². The summed E-state index contributed by atoms with van der Waals surface area (Å²) in [5, 5.41) is 3.00. The van der Waals surface area contributed by atoms with Crippen LogP contribution in [-0.2, 0) is 26.2 Å². The van der Waals surface area contributed by atoms with Gasteiger partial charge >= 0.3 is 0 Å². The maximum atomic E-state index is 14.2. The lowest BCUT2D eigenvalue weighted by atomic mass is 10.1. The monoisotopic (exact) mass is 593 g/mol. The highest BCUT2D eigenvalue weighted by Gasteiger charge is 2.34. The molecule has 1 N–H and O–H groups in total. The van der Waals surface area contributed by atoms with Crippen molar-refractivity contribution in [3.8, 4) is 5.75 Å². The Bertz CT molecular complexity index is 1420. The number of rotatable bonds is 14. The first-order valence-electron chi connectivity index (χ1n) is 14.5. The number of carbonyl (C=O) groups is 2. The predicted molar refractivity (Wildman–Crippen MR) is 167 cm³/mol.